The molecule has 1 aliphatic heterocycles. The Morgan fingerprint density at radius 3 is 2.41 bits per heavy atom. The van der Waals surface area contributed by atoms with Gasteiger partial charge in [0, 0.05) is 37.6 Å². The van der Waals surface area contributed by atoms with E-state index in [-0.39, 0.29) is 11.8 Å². The molecule has 0 aromatic heterocycles. The molecule has 27 heavy (non-hydrogen) atoms. The highest BCUT2D eigenvalue weighted by Gasteiger charge is 2.33. The summed E-state index contributed by atoms with van der Waals surface area (Å²) in [5, 5.41) is 0.646. The fourth-order valence-corrected chi connectivity index (χ4v) is 5.09. The van der Waals surface area contributed by atoms with Crippen molar-refractivity contribution in [2.24, 2.45) is 5.92 Å². The minimum Gasteiger partial charge on any atom is -0.341 e. The number of carbonyl (C=O) groups excluding carboxylic acids is 1. The van der Waals surface area contributed by atoms with Crippen LogP contribution in [0.1, 0.15) is 18.4 Å². The number of benzene rings is 2. The smallest absolute Gasteiger partial charge is 0.243 e. The van der Waals surface area contributed by atoms with Gasteiger partial charge in [0.2, 0.25) is 15.9 Å². The lowest BCUT2D eigenvalue weighted by Gasteiger charge is -2.32. The molecule has 1 heterocycles. The average Bonchev–Trinajstić information content (AvgIpc) is 2.68. The highest BCUT2D eigenvalue weighted by atomic mass is 35.5. The summed E-state index contributed by atoms with van der Waals surface area (Å²) in [4.78, 5) is 14.7. The van der Waals surface area contributed by atoms with Gasteiger partial charge in [-0.3, -0.25) is 4.79 Å². The molecule has 0 unspecified atom stereocenters. The van der Waals surface area contributed by atoms with Gasteiger partial charge in [-0.2, -0.15) is 4.31 Å². The molecule has 0 aliphatic carbocycles. The monoisotopic (exact) mass is 406 g/mol. The van der Waals surface area contributed by atoms with Gasteiger partial charge in [0.05, 0.1) is 4.90 Å². The molecule has 0 atom stereocenters. The highest BCUT2D eigenvalue weighted by Crippen LogP contribution is 2.25. The predicted octanol–water partition coefficient (Wildman–Crippen LogP) is 3.40. The van der Waals surface area contributed by atoms with Crippen LogP contribution in [0, 0.1) is 5.92 Å². The third kappa shape index (κ3) is 4.69. The van der Waals surface area contributed by atoms with Crippen molar-refractivity contribution < 1.29 is 13.2 Å². The molecule has 3 rings (SSSR count). The fraction of sp³-hybridized carbons (Fsp3) is 0.350. The molecule has 144 valence electrons. The molecule has 0 saturated carbocycles. The molecule has 1 aliphatic rings. The van der Waals surface area contributed by atoms with E-state index in [9.17, 15) is 13.2 Å². The molecule has 2 aromatic carbocycles. The van der Waals surface area contributed by atoms with E-state index in [0.29, 0.717) is 42.4 Å². The van der Waals surface area contributed by atoms with Gasteiger partial charge in [0.15, 0.2) is 0 Å². The van der Waals surface area contributed by atoms with Gasteiger partial charge in [-0.25, -0.2) is 8.42 Å². The number of sulfonamides is 1. The second-order valence-electron chi connectivity index (χ2n) is 6.82. The van der Waals surface area contributed by atoms with Crippen LogP contribution in [-0.4, -0.2) is 43.7 Å². The highest BCUT2D eigenvalue weighted by molar-refractivity contribution is 7.89. The summed E-state index contributed by atoms with van der Waals surface area (Å²) in [6, 6.07) is 15.9. The van der Waals surface area contributed by atoms with E-state index in [0.717, 1.165) is 5.56 Å². The molecule has 5 nitrogen and oxygen atoms in total. The standard InChI is InChI=1S/C20H23ClN2O3S/c1-22(15-16-6-5-7-18(21)14-16)20(24)17-10-12-23(13-11-17)27(25,26)19-8-3-2-4-9-19/h2-9,14,17H,10-13,15H2,1H3. The summed E-state index contributed by atoms with van der Waals surface area (Å²) in [6.45, 7) is 1.21. The molecule has 0 N–H and O–H groups in total. The fourth-order valence-electron chi connectivity index (χ4n) is 3.38. The number of carbonyl (C=O) groups is 1. The van der Waals surface area contributed by atoms with Crippen LogP contribution >= 0.6 is 11.6 Å². The average molecular weight is 407 g/mol. The van der Waals surface area contributed by atoms with Crippen molar-refractivity contribution in [3.63, 3.8) is 0 Å². The van der Waals surface area contributed by atoms with Crippen molar-refractivity contribution in [1.82, 2.24) is 9.21 Å². The van der Waals surface area contributed by atoms with Crippen LogP contribution in [0.3, 0.4) is 0 Å². The molecule has 7 heteroatoms. The zero-order chi connectivity index (χ0) is 19.4. The van der Waals surface area contributed by atoms with Gasteiger partial charge >= 0.3 is 0 Å². The third-order valence-corrected chi connectivity index (χ3v) is 7.02. The van der Waals surface area contributed by atoms with Crippen LogP contribution in [0.25, 0.3) is 0 Å². The maximum absolute atomic E-state index is 12.7. The zero-order valence-electron chi connectivity index (χ0n) is 15.2. The third-order valence-electron chi connectivity index (χ3n) is 4.87. The molecule has 0 spiro atoms. The van der Waals surface area contributed by atoms with E-state index in [1.807, 2.05) is 18.2 Å². The van der Waals surface area contributed by atoms with Crippen molar-refractivity contribution in [1.29, 1.82) is 0 Å². The number of amides is 1. The second-order valence-corrected chi connectivity index (χ2v) is 9.19. The van der Waals surface area contributed by atoms with E-state index >= 15 is 0 Å². The first-order chi connectivity index (χ1) is 12.9. The molecule has 0 radical (unpaired) electrons. The number of halogens is 1. The Kier molecular flexibility index (Phi) is 6.19. The summed E-state index contributed by atoms with van der Waals surface area (Å²) in [7, 11) is -1.72. The lowest BCUT2D eigenvalue weighted by molar-refractivity contribution is -0.135. The van der Waals surface area contributed by atoms with Gasteiger partial charge in [-0.15, -0.1) is 0 Å². The number of hydrogen-bond donors (Lipinski definition) is 0. The van der Waals surface area contributed by atoms with Crippen LogP contribution in [0.5, 0.6) is 0 Å². The molecule has 0 bridgehead atoms. The second kappa shape index (κ2) is 8.42. The Hall–Kier alpha value is -1.89. The largest absolute Gasteiger partial charge is 0.341 e. The minimum atomic E-state index is -3.49. The van der Waals surface area contributed by atoms with Crippen molar-refractivity contribution in [2.75, 3.05) is 20.1 Å². The van der Waals surface area contributed by atoms with Crippen LogP contribution in [0.4, 0.5) is 0 Å². The van der Waals surface area contributed by atoms with Crippen molar-refractivity contribution >= 4 is 27.5 Å². The quantitative estimate of drug-likeness (QED) is 0.764. The van der Waals surface area contributed by atoms with Crippen LogP contribution < -0.4 is 0 Å². The summed E-state index contributed by atoms with van der Waals surface area (Å²) in [5.74, 6) is -0.108. The predicted molar refractivity (Wildman–Crippen MR) is 106 cm³/mol. The van der Waals surface area contributed by atoms with Crippen LogP contribution in [0.2, 0.25) is 5.02 Å². The number of piperidine rings is 1. The van der Waals surface area contributed by atoms with E-state index in [4.69, 9.17) is 11.6 Å². The number of hydrogen-bond acceptors (Lipinski definition) is 3. The Balaban J connectivity index is 1.59. The Morgan fingerprint density at radius 1 is 1.11 bits per heavy atom. The van der Waals surface area contributed by atoms with Crippen molar-refractivity contribution in [3.8, 4) is 0 Å². The molecule has 2 aromatic rings. The Labute approximate surface area is 165 Å². The van der Waals surface area contributed by atoms with E-state index in [1.54, 1.807) is 48.3 Å². The topological polar surface area (TPSA) is 57.7 Å². The summed E-state index contributed by atoms with van der Waals surface area (Å²) >= 11 is 6.00. The maximum Gasteiger partial charge on any atom is 0.243 e. The van der Waals surface area contributed by atoms with Crippen molar-refractivity contribution in [3.05, 3.63) is 65.2 Å². The van der Waals surface area contributed by atoms with Gasteiger partial charge in [-0.05, 0) is 42.7 Å². The van der Waals surface area contributed by atoms with Crippen molar-refractivity contribution in [2.45, 2.75) is 24.3 Å². The van der Waals surface area contributed by atoms with E-state index in [2.05, 4.69) is 0 Å². The minimum absolute atomic E-state index is 0.0479. The van der Waals surface area contributed by atoms with Gasteiger partial charge in [-0.1, -0.05) is 41.9 Å². The molecule has 1 fully saturated rings. The molecular weight excluding hydrogens is 384 g/mol. The van der Waals surface area contributed by atoms with Crippen LogP contribution in [0.15, 0.2) is 59.5 Å². The van der Waals surface area contributed by atoms with Gasteiger partial charge < -0.3 is 4.90 Å². The molecule has 1 saturated heterocycles. The van der Waals surface area contributed by atoms with Gasteiger partial charge in [0.1, 0.15) is 0 Å². The SMILES string of the molecule is CN(Cc1cccc(Cl)c1)C(=O)C1CCN(S(=O)(=O)c2ccccc2)CC1. The number of rotatable bonds is 5. The zero-order valence-corrected chi connectivity index (χ0v) is 16.8. The van der Waals surface area contributed by atoms with E-state index < -0.39 is 10.0 Å². The maximum atomic E-state index is 12.7. The first kappa shape index (κ1) is 19.9. The Bertz CT molecular complexity index is 894. The first-order valence-electron chi connectivity index (χ1n) is 8.92. The normalized spacial score (nSPS) is 16.2. The number of nitrogens with zero attached hydrogens (tertiary/aromatic N) is 2. The molecule has 1 amide bonds. The van der Waals surface area contributed by atoms with Crippen LogP contribution in [-0.2, 0) is 21.4 Å². The first-order valence-corrected chi connectivity index (χ1v) is 10.7. The summed E-state index contributed by atoms with van der Waals surface area (Å²) < 4.78 is 26.9. The Morgan fingerprint density at radius 2 is 1.78 bits per heavy atom. The molecular formula is C20H23ClN2O3S. The lowest BCUT2D eigenvalue weighted by Crippen LogP contribution is -2.43. The van der Waals surface area contributed by atoms with Gasteiger partial charge in [0.25, 0.3) is 0 Å². The van der Waals surface area contributed by atoms with E-state index in [1.165, 1.54) is 4.31 Å². The summed E-state index contributed by atoms with van der Waals surface area (Å²) in [5.41, 5.74) is 0.974. The summed E-state index contributed by atoms with van der Waals surface area (Å²) in [6.07, 6.45) is 1.07. The lowest BCUT2D eigenvalue weighted by atomic mass is 9.96.